The van der Waals surface area contributed by atoms with E-state index in [1.807, 2.05) is 12.1 Å². The summed E-state index contributed by atoms with van der Waals surface area (Å²) in [4.78, 5) is 26.5. The Kier molecular flexibility index (Phi) is 5.35. The first-order chi connectivity index (χ1) is 11.6. The number of ether oxygens (including phenoxy) is 1. The molecule has 2 aliphatic rings. The first kappa shape index (κ1) is 16.8. The molecule has 6 nitrogen and oxygen atoms in total. The molecule has 130 valence electrons. The molecule has 2 heterocycles. The Morgan fingerprint density at radius 3 is 3.04 bits per heavy atom. The highest BCUT2D eigenvalue weighted by molar-refractivity contribution is 5.99. The molecule has 1 saturated heterocycles. The largest absolute Gasteiger partial charge is 0.478 e. The molecular weight excluding hydrogens is 306 g/mol. The van der Waals surface area contributed by atoms with Crippen molar-refractivity contribution in [3.63, 3.8) is 0 Å². The van der Waals surface area contributed by atoms with Crippen LogP contribution >= 0.6 is 0 Å². The number of carbonyl (C=O) groups excluding carboxylic acids is 2. The number of carbonyl (C=O) groups is 2. The number of nitrogens with one attached hydrogen (secondary N) is 2. The summed E-state index contributed by atoms with van der Waals surface area (Å²) in [5.74, 6) is 0.185. The number of hydrogen-bond acceptors (Lipinski definition) is 4. The molecule has 2 aliphatic heterocycles. The third-order valence-electron chi connectivity index (χ3n) is 4.74. The molecule has 3 rings (SSSR count). The summed E-state index contributed by atoms with van der Waals surface area (Å²) in [6.07, 6.45) is 3.01. The summed E-state index contributed by atoms with van der Waals surface area (Å²) in [6.45, 7) is 4.79. The van der Waals surface area contributed by atoms with Gasteiger partial charge in [-0.3, -0.25) is 14.5 Å². The molecule has 0 spiro atoms. The van der Waals surface area contributed by atoms with Gasteiger partial charge in [0.25, 0.3) is 5.91 Å². The van der Waals surface area contributed by atoms with E-state index in [-0.39, 0.29) is 18.2 Å². The van der Waals surface area contributed by atoms with Crippen molar-refractivity contribution in [2.24, 2.45) is 0 Å². The van der Waals surface area contributed by atoms with E-state index in [1.54, 1.807) is 12.1 Å². The van der Waals surface area contributed by atoms with Crippen LogP contribution in [0, 0.1) is 0 Å². The maximum absolute atomic E-state index is 12.1. The van der Waals surface area contributed by atoms with Crippen LogP contribution in [0.2, 0.25) is 0 Å². The van der Waals surface area contributed by atoms with Gasteiger partial charge < -0.3 is 15.4 Å². The SMILES string of the molecule is C[C@H]1CCCCN1CCNC(=O)C[C@H]1Oc2ccccc2NC1=O. The van der Waals surface area contributed by atoms with Gasteiger partial charge in [0.15, 0.2) is 6.10 Å². The zero-order valence-corrected chi connectivity index (χ0v) is 14.1. The quantitative estimate of drug-likeness (QED) is 0.863. The lowest BCUT2D eigenvalue weighted by Crippen LogP contribution is -2.44. The number of benzene rings is 1. The molecule has 1 aromatic rings. The monoisotopic (exact) mass is 331 g/mol. The Balaban J connectivity index is 1.44. The lowest BCUT2D eigenvalue weighted by Gasteiger charge is -2.33. The van der Waals surface area contributed by atoms with Crippen molar-refractivity contribution in [3.05, 3.63) is 24.3 Å². The first-order valence-corrected chi connectivity index (χ1v) is 8.71. The Morgan fingerprint density at radius 2 is 2.21 bits per heavy atom. The summed E-state index contributed by atoms with van der Waals surface area (Å²) in [5, 5.41) is 5.68. The van der Waals surface area contributed by atoms with Crippen LogP contribution in [0.4, 0.5) is 5.69 Å². The molecule has 0 aromatic heterocycles. The van der Waals surface area contributed by atoms with Crippen molar-refractivity contribution in [1.82, 2.24) is 10.2 Å². The fraction of sp³-hybridized carbons (Fsp3) is 0.556. The minimum absolute atomic E-state index is 0.0374. The van der Waals surface area contributed by atoms with E-state index in [4.69, 9.17) is 4.74 Å². The molecule has 2 N–H and O–H groups in total. The minimum atomic E-state index is -0.770. The van der Waals surface area contributed by atoms with Gasteiger partial charge in [0.1, 0.15) is 5.75 Å². The van der Waals surface area contributed by atoms with Crippen molar-refractivity contribution in [2.45, 2.75) is 44.8 Å². The zero-order chi connectivity index (χ0) is 16.9. The van der Waals surface area contributed by atoms with Crippen molar-refractivity contribution >= 4 is 17.5 Å². The Bertz CT molecular complexity index is 605. The maximum atomic E-state index is 12.1. The van der Waals surface area contributed by atoms with Crippen LogP contribution < -0.4 is 15.4 Å². The molecule has 6 heteroatoms. The Hall–Kier alpha value is -2.08. The fourth-order valence-corrected chi connectivity index (χ4v) is 3.30. The third-order valence-corrected chi connectivity index (χ3v) is 4.74. The van der Waals surface area contributed by atoms with E-state index in [9.17, 15) is 9.59 Å². The summed E-state index contributed by atoms with van der Waals surface area (Å²) >= 11 is 0. The number of rotatable bonds is 5. The number of nitrogens with zero attached hydrogens (tertiary/aromatic N) is 1. The smallest absolute Gasteiger partial charge is 0.266 e. The van der Waals surface area contributed by atoms with E-state index in [0.29, 0.717) is 24.0 Å². The normalized spacial score (nSPS) is 23.8. The van der Waals surface area contributed by atoms with E-state index < -0.39 is 6.10 Å². The summed E-state index contributed by atoms with van der Waals surface area (Å²) in [5.41, 5.74) is 0.651. The van der Waals surface area contributed by atoms with E-state index >= 15 is 0 Å². The molecule has 0 aliphatic carbocycles. The van der Waals surface area contributed by atoms with Crippen molar-refractivity contribution in [2.75, 3.05) is 25.0 Å². The Labute approximate surface area is 142 Å². The molecule has 0 unspecified atom stereocenters. The Morgan fingerprint density at radius 1 is 1.38 bits per heavy atom. The van der Waals surface area contributed by atoms with Gasteiger partial charge in [-0.2, -0.15) is 0 Å². The number of fused-ring (bicyclic) bond motifs is 1. The van der Waals surface area contributed by atoms with Gasteiger partial charge in [-0.25, -0.2) is 0 Å². The van der Waals surface area contributed by atoms with Crippen LogP contribution in [0.3, 0.4) is 0 Å². The third kappa shape index (κ3) is 4.06. The maximum Gasteiger partial charge on any atom is 0.266 e. The highest BCUT2D eigenvalue weighted by Crippen LogP contribution is 2.29. The average Bonchev–Trinajstić information content (AvgIpc) is 2.57. The number of para-hydroxylation sites is 2. The standard InChI is InChI=1S/C18H25N3O3/c1-13-6-4-5-10-21(13)11-9-19-17(22)12-16-18(23)20-14-7-2-3-8-15(14)24-16/h2-3,7-8,13,16H,4-6,9-12H2,1H3,(H,19,22)(H,20,23)/t13-,16+/m0/s1. The second-order valence-electron chi connectivity index (χ2n) is 6.53. The van der Waals surface area contributed by atoms with Gasteiger partial charge in [-0.1, -0.05) is 18.6 Å². The number of anilines is 1. The van der Waals surface area contributed by atoms with E-state index in [0.717, 1.165) is 13.1 Å². The van der Waals surface area contributed by atoms with Crippen LogP contribution in [0.1, 0.15) is 32.6 Å². The molecular formula is C18H25N3O3. The van der Waals surface area contributed by atoms with Gasteiger partial charge in [0, 0.05) is 19.1 Å². The van der Waals surface area contributed by atoms with Crippen LogP contribution in [0.25, 0.3) is 0 Å². The first-order valence-electron chi connectivity index (χ1n) is 8.71. The predicted molar refractivity (Wildman–Crippen MR) is 92.0 cm³/mol. The fourth-order valence-electron chi connectivity index (χ4n) is 3.30. The minimum Gasteiger partial charge on any atom is -0.478 e. The second-order valence-corrected chi connectivity index (χ2v) is 6.53. The van der Waals surface area contributed by atoms with E-state index in [2.05, 4.69) is 22.5 Å². The topological polar surface area (TPSA) is 70.7 Å². The van der Waals surface area contributed by atoms with Crippen LogP contribution in [-0.4, -0.2) is 48.5 Å². The van der Waals surface area contributed by atoms with E-state index in [1.165, 1.54) is 19.3 Å². The number of amides is 2. The lowest BCUT2D eigenvalue weighted by atomic mass is 10.0. The van der Waals surface area contributed by atoms with Crippen LogP contribution in [0.15, 0.2) is 24.3 Å². The highest BCUT2D eigenvalue weighted by atomic mass is 16.5. The highest BCUT2D eigenvalue weighted by Gasteiger charge is 2.29. The molecule has 1 fully saturated rings. The molecule has 24 heavy (non-hydrogen) atoms. The second kappa shape index (κ2) is 7.66. The van der Waals surface area contributed by atoms with Gasteiger partial charge >= 0.3 is 0 Å². The van der Waals surface area contributed by atoms with Gasteiger partial charge in [0.05, 0.1) is 12.1 Å². The van der Waals surface area contributed by atoms with Crippen molar-refractivity contribution in [1.29, 1.82) is 0 Å². The molecule has 2 amide bonds. The van der Waals surface area contributed by atoms with Gasteiger partial charge in [0.2, 0.25) is 5.91 Å². The number of piperidine rings is 1. The zero-order valence-electron chi connectivity index (χ0n) is 14.1. The lowest BCUT2D eigenvalue weighted by molar-refractivity contribution is -0.130. The van der Waals surface area contributed by atoms with Crippen LogP contribution in [0.5, 0.6) is 5.75 Å². The van der Waals surface area contributed by atoms with Crippen molar-refractivity contribution in [3.8, 4) is 5.75 Å². The van der Waals surface area contributed by atoms with Crippen LogP contribution in [-0.2, 0) is 9.59 Å². The van der Waals surface area contributed by atoms with Crippen molar-refractivity contribution < 1.29 is 14.3 Å². The van der Waals surface area contributed by atoms with Gasteiger partial charge in [-0.15, -0.1) is 0 Å². The number of hydrogen-bond donors (Lipinski definition) is 2. The number of likely N-dealkylation sites (tertiary alicyclic amines) is 1. The molecule has 0 bridgehead atoms. The predicted octanol–water partition coefficient (Wildman–Crippen LogP) is 1.77. The average molecular weight is 331 g/mol. The summed E-state index contributed by atoms with van der Waals surface area (Å²) in [7, 11) is 0. The summed E-state index contributed by atoms with van der Waals surface area (Å²) in [6, 6.07) is 7.82. The molecule has 0 saturated carbocycles. The van der Waals surface area contributed by atoms with Gasteiger partial charge in [-0.05, 0) is 38.4 Å². The molecule has 2 atom stereocenters. The summed E-state index contributed by atoms with van der Waals surface area (Å²) < 4.78 is 5.64. The molecule has 0 radical (unpaired) electrons. The molecule has 1 aromatic carbocycles.